The number of nitrogens with zero attached hydrogens (tertiary/aromatic N) is 1. The quantitative estimate of drug-likeness (QED) is 0.568. The van der Waals surface area contributed by atoms with E-state index in [0.717, 1.165) is 5.69 Å². The Bertz CT molecular complexity index is 474. The number of carboxylic acid groups (broad SMARTS) is 1. The first-order chi connectivity index (χ1) is 8.41. The Morgan fingerprint density at radius 2 is 2.06 bits per heavy atom. The highest BCUT2D eigenvalue weighted by Crippen LogP contribution is 2.18. The number of aromatic nitrogens is 1. The van der Waals surface area contributed by atoms with E-state index in [4.69, 9.17) is 10.8 Å². The van der Waals surface area contributed by atoms with Gasteiger partial charge in [-0.05, 0) is 25.5 Å². The normalized spacial score (nSPS) is 9.89. The molecule has 0 unspecified atom stereocenters. The molecular formula is C11H16N4O3. The highest BCUT2D eigenvalue weighted by molar-refractivity contribution is 5.94. The molecular weight excluding hydrogens is 236 g/mol. The minimum absolute atomic E-state index is 0.139. The van der Waals surface area contributed by atoms with Gasteiger partial charge in [-0.2, -0.15) is 0 Å². The molecule has 0 aliphatic carbocycles. The Labute approximate surface area is 104 Å². The van der Waals surface area contributed by atoms with Gasteiger partial charge in [0.25, 0.3) is 0 Å². The smallest absolute Gasteiger partial charge is 0.339 e. The largest absolute Gasteiger partial charge is 0.478 e. The SMILES string of the molecule is Cc1cc(C)c(C(=O)O)c(NCCNC(N)=O)n1. The summed E-state index contributed by atoms with van der Waals surface area (Å²) in [6, 6.07) is 1.08. The minimum atomic E-state index is -1.04. The maximum Gasteiger partial charge on any atom is 0.339 e. The molecule has 1 heterocycles. The number of hydrogen-bond donors (Lipinski definition) is 4. The van der Waals surface area contributed by atoms with E-state index in [1.54, 1.807) is 19.9 Å². The standard InChI is InChI=1S/C11H16N4O3/c1-6-5-7(2)15-9(8(6)10(16)17)13-3-4-14-11(12)18/h5H,3-4H2,1-2H3,(H,13,15)(H,16,17)(H3,12,14,18). The molecule has 7 nitrogen and oxygen atoms in total. The average molecular weight is 252 g/mol. The van der Waals surface area contributed by atoms with Crippen molar-refractivity contribution in [1.82, 2.24) is 10.3 Å². The number of carboxylic acids is 1. The van der Waals surface area contributed by atoms with Gasteiger partial charge in [-0.15, -0.1) is 0 Å². The number of carbonyl (C=O) groups excluding carboxylic acids is 1. The van der Waals surface area contributed by atoms with E-state index in [1.165, 1.54) is 0 Å². The lowest BCUT2D eigenvalue weighted by atomic mass is 10.1. The molecule has 1 aromatic rings. The van der Waals surface area contributed by atoms with Crippen molar-refractivity contribution in [1.29, 1.82) is 0 Å². The van der Waals surface area contributed by atoms with E-state index in [0.29, 0.717) is 24.5 Å². The van der Waals surface area contributed by atoms with E-state index in [-0.39, 0.29) is 5.56 Å². The van der Waals surface area contributed by atoms with E-state index in [9.17, 15) is 9.59 Å². The molecule has 0 saturated carbocycles. The monoisotopic (exact) mass is 252 g/mol. The summed E-state index contributed by atoms with van der Waals surface area (Å²) in [4.78, 5) is 25.7. The van der Waals surface area contributed by atoms with Crippen LogP contribution in [0.3, 0.4) is 0 Å². The van der Waals surface area contributed by atoms with E-state index in [1.807, 2.05) is 0 Å². The summed E-state index contributed by atoms with van der Waals surface area (Å²) in [5.74, 6) is -0.739. The molecule has 1 aromatic heterocycles. The fourth-order valence-electron chi connectivity index (χ4n) is 1.60. The van der Waals surface area contributed by atoms with E-state index >= 15 is 0 Å². The summed E-state index contributed by atoms with van der Waals surface area (Å²) in [6.45, 7) is 4.14. The molecule has 98 valence electrons. The van der Waals surface area contributed by atoms with Crippen LogP contribution in [0.4, 0.5) is 10.6 Å². The molecule has 0 atom stereocenters. The zero-order valence-corrected chi connectivity index (χ0v) is 10.3. The van der Waals surface area contributed by atoms with Crippen LogP contribution in [0.1, 0.15) is 21.6 Å². The number of nitrogens with two attached hydrogens (primary N) is 1. The first kappa shape index (κ1) is 13.8. The van der Waals surface area contributed by atoms with Crippen LogP contribution in [-0.2, 0) is 0 Å². The number of anilines is 1. The summed E-state index contributed by atoms with van der Waals surface area (Å²) >= 11 is 0. The summed E-state index contributed by atoms with van der Waals surface area (Å²) in [6.07, 6.45) is 0. The minimum Gasteiger partial charge on any atom is -0.478 e. The molecule has 0 fully saturated rings. The molecule has 0 saturated heterocycles. The predicted molar refractivity (Wildman–Crippen MR) is 66.7 cm³/mol. The number of nitrogens with one attached hydrogen (secondary N) is 2. The molecule has 0 bridgehead atoms. The van der Waals surface area contributed by atoms with Crippen LogP contribution in [0.5, 0.6) is 0 Å². The van der Waals surface area contributed by atoms with E-state index < -0.39 is 12.0 Å². The number of aromatic carboxylic acids is 1. The lowest BCUT2D eigenvalue weighted by Crippen LogP contribution is -2.33. The fourth-order valence-corrected chi connectivity index (χ4v) is 1.60. The molecule has 1 rings (SSSR count). The van der Waals surface area contributed by atoms with Crippen LogP contribution < -0.4 is 16.4 Å². The van der Waals surface area contributed by atoms with Gasteiger partial charge in [0.2, 0.25) is 0 Å². The number of carbonyl (C=O) groups is 2. The first-order valence-electron chi connectivity index (χ1n) is 5.40. The van der Waals surface area contributed by atoms with Gasteiger partial charge in [0.1, 0.15) is 11.4 Å². The fraction of sp³-hybridized carbons (Fsp3) is 0.364. The average Bonchev–Trinajstić information content (AvgIpc) is 2.22. The van der Waals surface area contributed by atoms with Gasteiger partial charge in [-0.1, -0.05) is 0 Å². The second-order valence-corrected chi connectivity index (χ2v) is 3.83. The van der Waals surface area contributed by atoms with Crippen molar-refractivity contribution in [2.45, 2.75) is 13.8 Å². The van der Waals surface area contributed by atoms with Crippen molar-refractivity contribution >= 4 is 17.8 Å². The second-order valence-electron chi connectivity index (χ2n) is 3.83. The molecule has 0 aromatic carbocycles. The number of aryl methyl sites for hydroxylation is 2. The molecule has 0 spiro atoms. The van der Waals surface area contributed by atoms with Gasteiger partial charge in [-0.3, -0.25) is 0 Å². The Morgan fingerprint density at radius 3 is 2.61 bits per heavy atom. The Kier molecular flexibility index (Phi) is 4.47. The molecule has 18 heavy (non-hydrogen) atoms. The highest BCUT2D eigenvalue weighted by Gasteiger charge is 2.15. The summed E-state index contributed by atoms with van der Waals surface area (Å²) in [7, 11) is 0. The number of primary amides is 1. The van der Waals surface area contributed by atoms with Crippen LogP contribution in [0, 0.1) is 13.8 Å². The van der Waals surface area contributed by atoms with Crippen LogP contribution in [0.15, 0.2) is 6.07 Å². The third-order valence-electron chi connectivity index (χ3n) is 2.28. The lowest BCUT2D eigenvalue weighted by Gasteiger charge is -2.11. The summed E-state index contributed by atoms with van der Waals surface area (Å²) in [5, 5.41) is 14.4. The van der Waals surface area contributed by atoms with E-state index in [2.05, 4.69) is 15.6 Å². The van der Waals surface area contributed by atoms with Crippen LogP contribution in [-0.4, -0.2) is 35.2 Å². The number of amides is 2. The van der Waals surface area contributed by atoms with Crippen molar-refractivity contribution in [2.24, 2.45) is 5.73 Å². The van der Waals surface area contributed by atoms with Crippen molar-refractivity contribution in [3.05, 3.63) is 22.9 Å². The highest BCUT2D eigenvalue weighted by atomic mass is 16.4. The zero-order chi connectivity index (χ0) is 13.7. The maximum absolute atomic E-state index is 11.1. The van der Waals surface area contributed by atoms with Crippen molar-refractivity contribution in [2.75, 3.05) is 18.4 Å². The third-order valence-corrected chi connectivity index (χ3v) is 2.28. The Balaban J connectivity index is 2.80. The summed E-state index contributed by atoms with van der Waals surface area (Å²) in [5.41, 5.74) is 6.41. The molecule has 0 aliphatic heterocycles. The zero-order valence-electron chi connectivity index (χ0n) is 10.3. The lowest BCUT2D eigenvalue weighted by molar-refractivity contribution is 0.0696. The molecule has 0 aliphatic rings. The van der Waals surface area contributed by atoms with Gasteiger partial charge in [0.05, 0.1) is 0 Å². The Hall–Kier alpha value is -2.31. The van der Waals surface area contributed by atoms with Crippen molar-refractivity contribution in [3.8, 4) is 0 Å². The third kappa shape index (κ3) is 3.62. The van der Waals surface area contributed by atoms with Crippen molar-refractivity contribution in [3.63, 3.8) is 0 Å². The first-order valence-corrected chi connectivity index (χ1v) is 5.40. The summed E-state index contributed by atoms with van der Waals surface area (Å²) < 4.78 is 0. The number of hydrogen-bond acceptors (Lipinski definition) is 4. The van der Waals surface area contributed by atoms with Gasteiger partial charge in [-0.25, -0.2) is 14.6 Å². The Morgan fingerprint density at radius 1 is 1.39 bits per heavy atom. The van der Waals surface area contributed by atoms with Gasteiger partial charge in [0, 0.05) is 18.8 Å². The predicted octanol–water partition coefficient (Wildman–Crippen LogP) is 0.477. The maximum atomic E-state index is 11.1. The number of rotatable bonds is 5. The van der Waals surface area contributed by atoms with Crippen LogP contribution in [0.25, 0.3) is 0 Å². The molecule has 7 heteroatoms. The molecule has 2 amide bonds. The van der Waals surface area contributed by atoms with Crippen molar-refractivity contribution < 1.29 is 14.7 Å². The van der Waals surface area contributed by atoms with Crippen LogP contribution in [0.2, 0.25) is 0 Å². The van der Waals surface area contributed by atoms with Gasteiger partial charge >= 0.3 is 12.0 Å². The topological polar surface area (TPSA) is 117 Å². The van der Waals surface area contributed by atoms with Gasteiger partial charge in [0.15, 0.2) is 0 Å². The second kappa shape index (κ2) is 5.85. The number of pyridine rings is 1. The van der Waals surface area contributed by atoms with Gasteiger partial charge < -0.3 is 21.5 Å². The van der Waals surface area contributed by atoms with Crippen LogP contribution >= 0.6 is 0 Å². The molecule has 5 N–H and O–H groups in total. The number of urea groups is 1. The molecule has 0 radical (unpaired) electrons.